The van der Waals surface area contributed by atoms with Crippen LogP contribution in [0, 0.1) is 23.5 Å². The highest BCUT2D eigenvalue weighted by Gasteiger charge is 2.51. The Hall–Kier alpha value is -6.55. The fourth-order valence-corrected chi connectivity index (χ4v) is 10.4. The van der Waals surface area contributed by atoms with E-state index in [-0.39, 0.29) is 109 Å². The maximum atomic E-state index is 15.5. The van der Waals surface area contributed by atoms with E-state index in [0.29, 0.717) is 5.56 Å². The van der Waals surface area contributed by atoms with E-state index in [0.717, 1.165) is 26.8 Å². The number of carbonyl (C=O) groups is 3. The molecule has 2 saturated carbocycles. The number of nitrogens with two attached hydrogens (primary N) is 1. The van der Waals surface area contributed by atoms with Crippen LogP contribution in [0.4, 0.5) is 67.1 Å². The van der Waals surface area contributed by atoms with E-state index in [2.05, 4.69) is 9.97 Å². The third kappa shape index (κ3) is 12.8. The van der Waals surface area contributed by atoms with Crippen molar-refractivity contribution in [2.75, 3.05) is 40.5 Å². The third-order valence-electron chi connectivity index (χ3n) is 14.6. The Labute approximate surface area is 436 Å². The van der Waals surface area contributed by atoms with Crippen LogP contribution in [0.2, 0.25) is 0 Å². The van der Waals surface area contributed by atoms with Gasteiger partial charge >= 0.3 is 30.5 Å². The number of aromatic nitrogens is 2. The number of fused-ring (bicyclic) bond motifs is 2. The lowest BCUT2D eigenvalue weighted by Crippen LogP contribution is -2.40. The topological polar surface area (TPSA) is 202 Å². The van der Waals surface area contributed by atoms with Gasteiger partial charge in [0, 0.05) is 46.4 Å². The van der Waals surface area contributed by atoms with Crippen LogP contribution in [0.25, 0.3) is 22.2 Å². The minimum atomic E-state index is -4.70. The third-order valence-corrected chi connectivity index (χ3v) is 14.6. The number of oxazole rings is 2. The van der Waals surface area contributed by atoms with E-state index in [1.54, 1.807) is 30.3 Å². The summed E-state index contributed by atoms with van der Waals surface area (Å²) in [6.07, 6.45) is -12.0. The van der Waals surface area contributed by atoms with Crippen molar-refractivity contribution in [2.45, 2.75) is 118 Å². The van der Waals surface area contributed by atoms with Crippen molar-refractivity contribution in [2.24, 2.45) is 17.6 Å². The van der Waals surface area contributed by atoms with E-state index in [1.807, 2.05) is 10.6 Å². The number of urea groups is 2. The number of benzene rings is 3. The summed E-state index contributed by atoms with van der Waals surface area (Å²) >= 11 is 0. The summed E-state index contributed by atoms with van der Waals surface area (Å²) in [6.45, 7) is -1.99. The van der Waals surface area contributed by atoms with Crippen molar-refractivity contribution >= 4 is 40.4 Å². The molecule has 5 amide bonds. The van der Waals surface area contributed by atoms with E-state index >= 15 is 4.39 Å². The van der Waals surface area contributed by atoms with Gasteiger partial charge in [-0.3, -0.25) is 4.90 Å². The van der Waals surface area contributed by atoms with Gasteiger partial charge in [0.1, 0.15) is 29.2 Å². The fourth-order valence-electron chi connectivity index (χ4n) is 10.4. The molecule has 3 aromatic carbocycles. The summed E-state index contributed by atoms with van der Waals surface area (Å²) in [5.74, 6) is -8.60. The number of hydrogen-bond donors (Lipinski definition) is 4. The number of carbonyl (C=O) groups excluding carboxylic acids is 2. The molecule has 4 heterocycles. The van der Waals surface area contributed by atoms with Crippen LogP contribution in [0.15, 0.2) is 63.4 Å². The van der Waals surface area contributed by atoms with Gasteiger partial charge in [0.25, 0.3) is 0 Å². The van der Waals surface area contributed by atoms with Crippen LogP contribution in [-0.4, -0.2) is 125 Å². The number of hydrogen-bond acceptors (Lipinski definition) is 10. The fraction of sp³-hybridized carbons (Fsp3) is 0.540. The molecule has 426 valence electrons. The van der Waals surface area contributed by atoms with Crippen LogP contribution in [0.5, 0.6) is 0 Å². The van der Waals surface area contributed by atoms with Crippen LogP contribution >= 0.6 is 0 Å². The lowest BCUT2D eigenvalue weighted by Gasteiger charge is -2.37. The first-order valence-corrected chi connectivity index (χ1v) is 24.7. The Balaban J connectivity index is 0.000000213. The Morgan fingerprint density at radius 3 is 1.56 bits per heavy atom. The molecular formula is C50H54F12N8O8. The highest BCUT2D eigenvalue weighted by molar-refractivity contribution is 5.80. The predicted octanol–water partition coefficient (Wildman–Crippen LogP) is 11.1. The number of carboxylic acid groups (broad SMARTS) is 1. The van der Waals surface area contributed by atoms with Crippen molar-refractivity contribution in [3.63, 3.8) is 0 Å². The Kier molecular flexibility index (Phi) is 16.7. The Morgan fingerprint density at radius 1 is 0.731 bits per heavy atom. The molecule has 2 saturated heterocycles. The van der Waals surface area contributed by atoms with E-state index in [9.17, 15) is 67.8 Å². The highest BCUT2D eigenvalue weighted by atomic mass is 19.4. The van der Waals surface area contributed by atoms with Crippen LogP contribution < -0.4 is 16.4 Å². The number of methoxy groups -OCH3 is 2. The van der Waals surface area contributed by atoms with Crippen LogP contribution in [-0.2, 0) is 16.0 Å². The molecule has 4 aliphatic rings. The van der Waals surface area contributed by atoms with Crippen molar-refractivity contribution in [3.8, 4) is 0 Å². The van der Waals surface area contributed by atoms with Crippen molar-refractivity contribution < 1.29 is 90.5 Å². The van der Waals surface area contributed by atoms with Gasteiger partial charge in [-0.1, -0.05) is 30.3 Å². The molecule has 2 aliphatic heterocycles. The second kappa shape index (κ2) is 22.7. The molecule has 2 aromatic heterocycles. The molecule has 6 atom stereocenters. The number of alkyl halides is 10. The SMILES string of the molecule is COC[C@@H](c1cc(F)c2oc([C@@H](N)C3CCC(F)(F)CC3)nc2c1)N1C[C@@H](C(F)(F)F)NC1=O.COC[C@@H](c1cc(F)c2oc([C@H](C3CCC(F)(F)CC3)N(Cc3ccccc3)C(=O)O)nc2c1)N1C[C@@H](C(F)(F)F)NC1=O. The number of nitrogens with zero attached hydrogens (tertiary/aromatic N) is 5. The molecule has 2 aliphatic carbocycles. The lowest BCUT2D eigenvalue weighted by molar-refractivity contribution is -0.151. The van der Waals surface area contributed by atoms with E-state index in [1.165, 1.54) is 26.4 Å². The van der Waals surface area contributed by atoms with Crippen molar-refractivity contribution in [1.82, 2.24) is 35.3 Å². The molecule has 0 unspecified atom stereocenters. The predicted molar refractivity (Wildman–Crippen MR) is 251 cm³/mol. The van der Waals surface area contributed by atoms with E-state index in [4.69, 9.17) is 24.0 Å². The second-order valence-electron chi connectivity index (χ2n) is 19.9. The molecule has 0 spiro atoms. The van der Waals surface area contributed by atoms with Gasteiger partial charge < -0.3 is 49.6 Å². The number of amides is 5. The number of halogens is 12. The molecule has 0 bridgehead atoms. The summed E-state index contributed by atoms with van der Waals surface area (Å²) in [5, 5.41) is 14.0. The average molecular weight is 1120 g/mol. The van der Waals surface area contributed by atoms with E-state index < -0.39 is 122 Å². The van der Waals surface area contributed by atoms with Crippen LogP contribution in [0.1, 0.15) is 104 Å². The zero-order chi connectivity index (χ0) is 56.6. The average Bonchev–Trinajstić information content (AvgIpc) is 4.32. The molecule has 5 N–H and O–H groups in total. The molecule has 4 fully saturated rings. The molecule has 16 nitrogen and oxygen atoms in total. The monoisotopic (exact) mass is 1120 g/mol. The molecule has 78 heavy (non-hydrogen) atoms. The van der Waals surface area contributed by atoms with Gasteiger partial charge in [-0.25, -0.2) is 50.7 Å². The molecule has 28 heteroatoms. The maximum Gasteiger partial charge on any atom is 0.410 e. The van der Waals surface area contributed by atoms with Gasteiger partial charge in [0.2, 0.25) is 23.6 Å². The minimum Gasteiger partial charge on any atom is -0.465 e. The molecule has 5 aromatic rings. The van der Waals surface area contributed by atoms with Crippen LogP contribution in [0.3, 0.4) is 0 Å². The normalized spacial score (nSPS) is 21.7. The van der Waals surface area contributed by atoms with Gasteiger partial charge in [-0.05, 0) is 78.5 Å². The lowest BCUT2D eigenvalue weighted by atomic mass is 9.81. The highest BCUT2D eigenvalue weighted by Crippen LogP contribution is 2.46. The Bertz CT molecular complexity index is 2920. The molecule has 0 radical (unpaired) electrons. The molecule has 9 rings (SSSR count). The summed E-state index contributed by atoms with van der Waals surface area (Å²) in [4.78, 5) is 48.8. The number of nitrogens with one attached hydrogen (secondary N) is 2. The summed E-state index contributed by atoms with van der Waals surface area (Å²) in [5.41, 5.74) is 6.43. The first kappa shape index (κ1) is 57.6. The van der Waals surface area contributed by atoms with Gasteiger partial charge in [-0.2, -0.15) is 26.3 Å². The van der Waals surface area contributed by atoms with Gasteiger partial charge in [-0.15, -0.1) is 0 Å². The first-order valence-electron chi connectivity index (χ1n) is 24.7. The Morgan fingerprint density at radius 2 is 1.15 bits per heavy atom. The second-order valence-corrected chi connectivity index (χ2v) is 19.9. The van der Waals surface area contributed by atoms with Crippen molar-refractivity contribution in [3.05, 3.63) is 94.7 Å². The standard InChI is InChI=1S/C29H30F6N4O5.C21H24F6N4O3/c1-43-15-21(38-14-22(29(33,34)35)37-26(38)40)18-11-19(30)24-20(12-18)36-25(44-24)23(17-7-9-28(31,32)10-8-17)39(27(41)42)13-16-5-3-2-4-6-16;1-33-9-14(31-8-15(21(25,26)27)30-19(31)32)11-6-12(22)17-13(7-11)29-18(34-17)16(28)10-2-4-20(23,24)5-3-10/h2-6,11-12,17,21-23H,7-10,13-15H2,1H3,(H,37,40)(H,41,42);6-7,10,14-16H,2-5,8-9,28H2,1H3,(H,30,32)/t21-,22-,23-;14-,15-,16-/m00/s1. The smallest absolute Gasteiger partial charge is 0.410 e. The minimum absolute atomic E-state index is 0.0133. The van der Waals surface area contributed by atoms with Gasteiger partial charge in [0.15, 0.2) is 22.8 Å². The zero-order valence-corrected chi connectivity index (χ0v) is 41.7. The number of rotatable bonds is 15. The summed E-state index contributed by atoms with van der Waals surface area (Å²) < 4.78 is 186. The first-order chi connectivity index (χ1) is 36.7. The van der Waals surface area contributed by atoms with Crippen molar-refractivity contribution in [1.29, 1.82) is 0 Å². The maximum absolute atomic E-state index is 15.5. The number of ether oxygens (including phenoxy) is 2. The summed E-state index contributed by atoms with van der Waals surface area (Å²) in [6, 6.07) is 3.07. The largest absolute Gasteiger partial charge is 0.465 e. The summed E-state index contributed by atoms with van der Waals surface area (Å²) in [7, 11) is 2.58. The van der Waals surface area contributed by atoms with Gasteiger partial charge in [0.05, 0.1) is 44.4 Å². The quantitative estimate of drug-likeness (QED) is 0.0727. The zero-order valence-electron chi connectivity index (χ0n) is 41.7. The molecular weight excluding hydrogens is 1070 g/mol.